The first kappa shape index (κ1) is 24.5. The van der Waals surface area contributed by atoms with Crippen LogP contribution in [0.5, 0.6) is 5.75 Å². The topological polar surface area (TPSA) is 35.9 Å². The van der Waals surface area contributed by atoms with Crippen LogP contribution in [0.4, 0.5) is 10.1 Å². The molecule has 2 aromatic rings. The van der Waals surface area contributed by atoms with Crippen molar-refractivity contribution in [2.45, 2.75) is 19.4 Å². The van der Waals surface area contributed by atoms with Gasteiger partial charge in [0.2, 0.25) is 0 Å². The molecule has 1 aliphatic rings. The first-order chi connectivity index (χ1) is 12.6. The SMILES string of the molecule is Cc1ccc(N2CCN(CCC(O)COc3ccc(F)cc3)CC2)cc1.Cl.Cl. The van der Waals surface area contributed by atoms with Crippen molar-refractivity contribution >= 4 is 30.5 Å². The Hall–Kier alpha value is -1.53. The molecule has 0 saturated carbocycles. The van der Waals surface area contributed by atoms with Crippen LogP contribution in [0.15, 0.2) is 48.5 Å². The van der Waals surface area contributed by atoms with Crippen LogP contribution < -0.4 is 9.64 Å². The third-order valence-corrected chi connectivity index (χ3v) is 4.81. The zero-order chi connectivity index (χ0) is 18.4. The predicted molar refractivity (Wildman–Crippen MR) is 117 cm³/mol. The van der Waals surface area contributed by atoms with Crippen molar-refractivity contribution in [1.29, 1.82) is 0 Å². The molecule has 1 N–H and O–H groups in total. The Balaban J connectivity index is 0.00000196. The molecule has 0 bridgehead atoms. The van der Waals surface area contributed by atoms with Gasteiger partial charge in [0.25, 0.3) is 0 Å². The number of benzene rings is 2. The Labute approximate surface area is 179 Å². The zero-order valence-corrected chi connectivity index (χ0v) is 17.7. The summed E-state index contributed by atoms with van der Waals surface area (Å²) in [6.07, 6.45) is 0.154. The molecular formula is C21H29Cl2FN2O2. The largest absolute Gasteiger partial charge is 0.491 e. The maximum atomic E-state index is 12.9. The summed E-state index contributed by atoms with van der Waals surface area (Å²) in [4.78, 5) is 4.79. The number of piperazine rings is 1. The molecule has 1 unspecified atom stereocenters. The number of aryl methyl sites for hydroxylation is 1. The molecule has 0 aromatic heterocycles. The monoisotopic (exact) mass is 430 g/mol. The molecule has 0 aliphatic carbocycles. The van der Waals surface area contributed by atoms with Crippen LogP contribution in [0.1, 0.15) is 12.0 Å². The summed E-state index contributed by atoms with van der Waals surface area (Å²) in [5, 5.41) is 10.1. The van der Waals surface area contributed by atoms with E-state index in [4.69, 9.17) is 4.74 Å². The third kappa shape index (κ3) is 7.47. The van der Waals surface area contributed by atoms with Crippen LogP contribution in [0.25, 0.3) is 0 Å². The Morgan fingerprint density at radius 3 is 2.18 bits per heavy atom. The first-order valence-electron chi connectivity index (χ1n) is 9.20. The van der Waals surface area contributed by atoms with Crippen molar-refractivity contribution < 1.29 is 14.2 Å². The van der Waals surface area contributed by atoms with Gasteiger partial charge in [0.05, 0.1) is 6.10 Å². The second-order valence-corrected chi connectivity index (χ2v) is 6.87. The van der Waals surface area contributed by atoms with Crippen LogP contribution in [-0.4, -0.2) is 55.4 Å². The predicted octanol–water partition coefficient (Wildman–Crippen LogP) is 3.93. The summed E-state index contributed by atoms with van der Waals surface area (Å²) in [5.74, 6) is 0.292. The van der Waals surface area contributed by atoms with Gasteiger partial charge < -0.3 is 14.7 Å². The Bertz CT molecular complexity index is 678. The third-order valence-electron chi connectivity index (χ3n) is 4.81. The van der Waals surface area contributed by atoms with Gasteiger partial charge in [-0.15, -0.1) is 24.8 Å². The van der Waals surface area contributed by atoms with Crippen LogP contribution in [-0.2, 0) is 0 Å². The van der Waals surface area contributed by atoms with Crippen LogP contribution in [0.2, 0.25) is 0 Å². The molecule has 0 spiro atoms. The molecule has 28 heavy (non-hydrogen) atoms. The highest BCUT2D eigenvalue weighted by Gasteiger charge is 2.18. The highest BCUT2D eigenvalue weighted by atomic mass is 35.5. The van der Waals surface area contributed by atoms with Crippen molar-refractivity contribution in [1.82, 2.24) is 4.90 Å². The second-order valence-electron chi connectivity index (χ2n) is 6.87. The van der Waals surface area contributed by atoms with Crippen molar-refractivity contribution in [3.05, 3.63) is 59.9 Å². The number of anilines is 1. The van der Waals surface area contributed by atoms with Crippen molar-refractivity contribution in [2.75, 3.05) is 44.2 Å². The highest BCUT2D eigenvalue weighted by Crippen LogP contribution is 2.17. The molecule has 4 nitrogen and oxygen atoms in total. The minimum absolute atomic E-state index is 0. The fraction of sp³-hybridized carbons (Fsp3) is 0.429. The van der Waals surface area contributed by atoms with E-state index in [1.807, 2.05) is 0 Å². The summed E-state index contributed by atoms with van der Waals surface area (Å²) >= 11 is 0. The summed E-state index contributed by atoms with van der Waals surface area (Å²) < 4.78 is 18.4. The Kier molecular flexibility index (Phi) is 10.6. The lowest BCUT2D eigenvalue weighted by atomic mass is 10.2. The van der Waals surface area contributed by atoms with E-state index >= 15 is 0 Å². The normalized spacial score (nSPS) is 15.3. The highest BCUT2D eigenvalue weighted by molar-refractivity contribution is 5.85. The number of aliphatic hydroxyl groups excluding tert-OH is 1. The zero-order valence-electron chi connectivity index (χ0n) is 16.1. The molecule has 2 aromatic carbocycles. The van der Waals surface area contributed by atoms with E-state index in [0.717, 1.165) is 32.7 Å². The van der Waals surface area contributed by atoms with Gasteiger partial charge in [-0.25, -0.2) is 4.39 Å². The van der Waals surface area contributed by atoms with Crippen LogP contribution >= 0.6 is 24.8 Å². The van der Waals surface area contributed by atoms with E-state index in [0.29, 0.717) is 12.2 Å². The fourth-order valence-corrected chi connectivity index (χ4v) is 3.12. The summed E-state index contributed by atoms with van der Waals surface area (Å²) in [5.41, 5.74) is 2.56. The smallest absolute Gasteiger partial charge is 0.123 e. The first-order valence-corrected chi connectivity index (χ1v) is 9.20. The van der Waals surface area contributed by atoms with Gasteiger partial charge in [-0.3, -0.25) is 4.90 Å². The molecular weight excluding hydrogens is 402 g/mol. The number of hydrogen-bond acceptors (Lipinski definition) is 4. The molecule has 1 aliphatic heterocycles. The number of aliphatic hydroxyl groups is 1. The number of hydrogen-bond donors (Lipinski definition) is 1. The lowest BCUT2D eigenvalue weighted by molar-refractivity contribution is 0.0866. The maximum Gasteiger partial charge on any atom is 0.123 e. The second kappa shape index (κ2) is 12.1. The minimum atomic E-state index is -0.518. The quantitative estimate of drug-likeness (QED) is 0.721. The van der Waals surface area contributed by atoms with Crippen LogP contribution in [0, 0.1) is 12.7 Å². The van der Waals surface area contributed by atoms with E-state index in [-0.39, 0.29) is 37.2 Å². The summed E-state index contributed by atoms with van der Waals surface area (Å²) in [7, 11) is 0. The average Bonchev–Trinajstić information content (AvgIpc) is 2.67. The minimum Gasteiger partial charge on any atom is -0.491 e. The van der Waals surface area contributed by atoms with Crippen molar-refractivity contribution in [3.8, 4) is 5.75 Å². The lowest BCUT2D eigenvalue weighted by Gasteiger charge is -2.36. The van der Waals surface area contributed by atoms with Gasteiger partial charge >= 0.3 is 0 Å². The summed E-state index contributed by atoms with van der Waals surface area (Å²) in [6.45, 7) is 7.20. The Morgan fingerprint density at radius 1 is 0.964 bits per heavy atom. The van der Waals surface area contributed by atoms with E-state index in [1.165, 1.54) is 23.4 Å². The van der Waals surface area contributed by atoms with Gasteiger partial charge in [0.1, 0.15) is 18.2 Å². The van der Waals surface area contributed by atoms with Crippen molar-refractivity contribution in [2.24, 2.45) is 0 Å². The van der Waals surface area contributed by atoms with Crippen molar-refractivity contribution in [3.63, 3.8) is 0 Å². The average molecular weight is 431 g/mol. The molecule has 7 heteroatoms. The number of ether oxygens (including phenoxy) is 1. The van der Waals surface area contributed by atoms with Gasteiger partial charge in [-0.2, -0.15) is 0 Å². The molecule has 1 fully saturated rings. The fourth-order valence-electron chi connectivity index (χ4n) is 3.12. The van der Waals surface area contributed by atoms with Gasteiger partial charge in [0.15, 0.2) is 0 Å². The molecule has 0 amide bonds. The molecule has 1 saturated heterocycles. The number of nitrogens with zero attached hydrogens (tertiary/aromatic N) is 2. The van der Waals surface area contributed by atoms with Gasteiger partial charge in [-0.1, -0.05) is 17.7 Å². The van der Waals surface area contributed by atoms with E-state index in [2.05, 4.69) is 41.0 Å². The molecule has 0 radical (unpaired) electrons. The maximum absolute atomic E-state index is 12.9. The molecule has 1 atom stereocenters. The van der Waals surface area contributed by atoms with Gasteiger partial charge in [0, 0.05) is 38.4 Å². The Morgan fingerprint density at radius 2 is 1.57 bits per heavy atom. The standard InChI is InChI=1S/C21H27FN2O2.2ClH/c1-17-2-6-19(7-3-17)24-14-12-23(13-15-24)11-10-20(25)16-26-21-8-4-18(22)5-9-21;;/h2-9,20,25H,10-16H2,1H3;2*1H. The van der Waals surface area contributed by atoms with Gasteiger partial charge in [-0.05, 0) is 49.7 Å². The lowest BCUT2D eigenvalue weighted by Crippen LogP contribution is -2.47. The molecule has 1 heterocycles. The summed E-state index contributed by atoms with van der Waals surface area (Å²) in [6, 6.07) is 14.5. The molecule has 3 rings (SSSR count). The number of halogens is 3. The van der Waals surface area contributed by atoms with Crippen LogP contribution in [0.3, 0.4) is 0 Å². The number of rotatable bonds is 7. The molecule has 156 valence electrons. The van der Waals surface area contributed by atoms with E-state index in [1.54, 1.807) is 12.1 Å². The van der Waals surface area contributed by atoms with E-state index in [9.17, 15) is 9.50 Å². The van der Waals surface area contributed by atoms with E-state index < -0.39 is 6.10 Å².